The number of rotatable bonds is 6. The van der Waals surface area contributed by atoms with E-state index in [9.17, 15) is 14.4 Å². The number of thioether (sulfide) groups is 1. The first-order valence-corrected chi connectivity index (χ1v) is 8.48. The second-order valence-corrected chi connectivity index (χ2v) is 6.37. The molecule has 6 nitrogen and oxygen atoms in total. The van der Waals surface area contributed by atoms with Crippen LogP contribution in [0.25, 0.3) is 6.08 Å². The normalized spacial score (nSPS) is 16.1. The number of amides is 3. The van der Waals surface area contributed by atoms with Crippen molar-refractivity contribution in [3.05, 3.63) is 40.3 Å². The van der Waals surface area contributed by atoms with Gasteiger partial charge in [0.25, 0.3) is 11.1 Å². The van der Waals surface area contributed by atoms with Crippen molar-refractivity contribution in [1.29, 1.82) is 0 Å². The van der Waals surface area contributed by atoms with Crippen LogP contribution >= 0.6 is 11.8 Å². The van der Waals surface area contributed by atoms with E-state index in [4.69, 9.17) is 5.11 Å². The molecule has 1 aliphatic heterocycles. The van der Waals surface area contributed by atoms with Crippen LogP contribution in [0.4, 0.5) is 4.79 Å². The number of imide groups is 1. The topological polar surface area (TPSA) is 77.9 Å². The van der Waals surface area contributed by atoms with Crippen LogP contribution in [0.15, 0.2) is 29.2 Å². The van der Waals surface area contributed by atoms with E-state index in [1.807, 2.05) is 31.2 Å². The number of hydrogen-bond acceptors (Lipinski definition) is 5. The predicted octanol–water partition coefficient (Wildman–Crippen LogP) is 1.87. The number of aryl methyl sites for hydroxylation is 1. The van der Waals surface area contributed by atoms with Gasteiger partial charge in [-0.2, -0.15) is 0 Å². The second kappa shape index (κ2) is 8.12. The lowest BCUT2D eigenvalue weighted by atomic mass is 10.1. The van der Waals surface area contributed by atoms with Crippen molar-refractivity contribution in [1.82, 2.24) is 9.80 Å². The summed E-state index contributed by atoms with van der Waals surface area (Å²) in [5, 5.41) is 8.50. The van der Waals surface area contributed by atoms with Gasteiger partial charge in [0.15, 0.2) is 0 Å². The highest BCUT2D eigenvalue weighted by Crippen LogP contribution is 2.32. The third kappa shape index (κ3) is 4.24. The lowest BCUT2D eigenvalue weighted by Crippen LogP contribution is -2.43. The van der Waals surface area contributed by atoms with Crippen LogP contribution in [0.2, 0.25) is 0 Å². The fourth-order valence-corrected chi connectivity index (χ4v) is 3.10. The zero-order chi connectivity index (χ0) is 17.7. The Kier molecular flexibility index (Phi) is 6.16. The van der Waals surface area contributed by atoms with Gasteiger partial charge >= 0.3 is 0 Å². The summed E-state index contributed by atoms with van der Waals surface area (Å²) < 4.78 is 0. The summed E-state index contributed by atoms with van der Waals surface area (Å²) >= 11 is 0.834. The van der Waals surface area contributed by atoms with Gasteiger partial charge in [0, 0.05) is 13.1 Å². The number of hydrogen-bond donors (Lipinski definition) is 1. The summed E-state index contributed by atoms with van der Waals surface area (Å²) in [6, 6.07) is 7.59. The van der Waals surface area contributed by atoms with Crippen molar-refractivity contribution in [2.45, 2.75) is 13.8 Å². The minimum absolute atomic E-state index is 0.158. The molecule has 128 valence electrons. The Morgan fingerprint density at radius 1 is 1.29 bits per heavy atom. The molecular formula is C17H20N2O4S. The van der Waals surface area contributed by atoms with E-state index in [0.29, 0.717) is 11.4 Å². The minimum atomic E-state index is -0.459. The molecule has 7 heteroatoms. The van der Waals surface area contributed by atoms with Crippen LogP contribution in [0.3, 0.4) is 0 Å². The third-order valence-electron chi connectivity index (χ3n) is 3.65. The fourth-order valence-electron chi connectivity index (χ4n) is 2.27. The van der Waals surface area contributed by atoms with Gasteiger partial charge in [0.1, 0.15) is 6.54 Å². The van der Waals surface area contributed by atoms with Crippen LogP contribution in [-0.2, 0) is 9.59 Å². The molecule has 0 bridgehead atoms. The molecule has 1 aromatic carbocycles. The second-order valence-electron chi connectivity index (χ2n) is 5.38. The maximum atomic E-state index is 12.4. The summed E-state index contributed by atoms with van der Waals surface area (Å²) in [5.74, 6) is -0.815. The van der Waals surface area contributed by atoms with E-state index < -0.39 is 11.1 Å². The van der Waals surface area contributed by atoms with E-state index in [-0.39, 0.29) is 25.6 Å². The molecular weight excluding hydrogens is 328 g/mol. The Balaban J connectivity index is 2.11. The Morgan fingerprint density at radius 2 is 1.96 bits per heavy atom. The average Bonchev–Trinajstić information content (AvgIpc) is 2.82. The van der Waals surface area contributed by atoms with E-state index in [1.54, 1.807) is 13.0 Å². The monoisotopic (exact) mass is 348 g/mol. The lowest BCUT2D eigenvalue weighted by Gasteiger charge is -2.22. The van der Waals surface area contributed by atoms with Crippen molar-refractivity contribution in [2.24, 2.45) is 0 Å². The van der Waals surface area contributed by atoms with E-state index in [1.165, 1.54) is 4.90 Å². The predicted molar refractivity (Wildman–Crippen MR) is 93.2 cm³/mol. The summed E-state index contributed by atoms with van der Waals surface area (Å²) in [5.41, 5.74) is 1.93. The molecule has 1 saturated heterocycles. The molecule has 0 radical (unpaired) electrons. The fraction of sp³-hybridized carbons (Fsp3) is 0.353. The first-order chi connectivity index (χ1) is 11.5. The number of aliphatic hydroxyl groups excluding tert-OH is 1. The SMILES string of the molecule is CCN(CCO)C(=O)CN1C(=O)S/C(=C\c2ccc(C)cc2)C1=O. The van der Waals surface area contributed by atoms with Gasteiger partial charge in [-0.3, -0.25) is 19.3 Å². The van der Waals surface area contributed by atoms with Gasteiger partial charge in [-0.25, -0.2) is 0 Å². The van der Waals surface area contributed by atoms with Crippen LogP contribution in [0.1, 0.15) is 18.1 Å². The molecule has 2 rings (SSSR count). The third-order valence-corrected chi connectivity index (χ3v) is 4.55. The summed E-state index contributed by atoms with van der Waals surface area (Å²) in [4.78, 5) is 39.3. The smallest absolute Gasteiger partial charge is 0.294 e. The number of carbonyl (C=O) groups is 3. The summed E-state index contributed by atoms with van der Waals surface area (Å²) in [6.07, 6.45) is 1.65. The van der Waals surface area contributed by atoms with Crippen molar-refractivity contribution >= 4 is 34.9 Å². The minimum Gasteiger partial charge on any atom is -0.395 e. The lowest BCUT2D eigenvalue weighted by molar-refractivity contribution is -0.136. The van der Waals surface area contributed by atoms with Crippen molar-refractivity contribution in [2.75, 3.05) is 26.2 Å². The summed E-state index contributed by atoms with van der Waals surface area (Å²) in [6.45, 7) is 3.88. The van der Waals surface area contributed by atoms with Crippen LogP contribution < -0.4 is 0 Å². The number of nitrogens with zero attached hydrogens (tertiary/aromatic N) is 2. The van der Waals surface area contributed by atoms with Gasteiger partial charge in [0.05, 0.1) is 11.5 Å². The Hall–Kier alpha value is -2.12. The van der Waals surface area contributed by atoms with E-state index in [2.05, 4.69) is 0 Å². The zero-order valence-electron chi connectivity index (χ0n) is 13.7. The quantitative estimate of drug-likeness (QED) is 0.794. The Bertz CT molecular complexity index is 670. The van der Waals surface area contributed by atoms with E-state index >= 15 is 0 Å². The molecule has 24 heavy (non-hydrogen) atoms. The average molecular weight is 348 g/mol. The maximum absolute atomic E-state index is 12.4. The van der Waals surface area contributed by atoms with Crippen LogP contribution in [-0.4, -0.2) is 58.2 Å². The number of carbonyl (C=O) groups excluding carboxylic acids is 3. The molecule has 0 saturated carbocycles. The van der Waals surface area contributed by atoms with Gasteiger partial charge in [-0.05, 0) is 37.2 Å². The molecule has 0 aromatic heterocycles. The highest BCUT2D eigenvalue weighted by Gasteiger charge is 2.36. The molecule has 0 atom stereocenters. The molecule has 0 spiro atoms. The van der Waals surface area contributed by atoms with Gasteiger partial charge < -0.3 is 10.0 Å². The first kappa shape index (κ1) is 18.2. The number of likely N-dealkylation sites (N-methyl/N-ethyl adjacent to an activating group) is 1. The maximum Gasteiger partial charge on any atom is 0.294 e. The highest BCUT2D eigenvalue weighted by molar-refractivity contribution is 8.18. The standard InChI is InChI=1S/C17H20N2O4S/c1-3-18(8-9-20)15(21)11-19-16(22)14(24-17(19)23)10-13-6-4-12(2)5-7-13/h4-7,10,20H,3,8-9,11H2,1-2H3/b14-10-. The first-order valence-electron chi connectivity index (χ1n) is 7.67. The molecule has 1 aliphatic rings. The molecule has 3 amide bonds. The molecule has 0 unspecified atom stereocenters. The Morgan fingerprint density at radius 3 is 2.54 bits per heavy atom. The van der Waals surface area contributed by atoms with Crippen molar-refractivity contribution in [3.8, 4) is 0 Å². The van der Waals surface area contributed by atoms with Crippen molar-refractivity contribution in [3.63, 3.8) is 0 Å². The largest absolute Gasteiger partial charge is 0.395 e. The Labute approximate surface area is 145 Å². The summed E-state index contributed by atoms with van der Waals surface area (Å²) in [7, 11) is 0. The molecule has 1 aromatic rings. The number of benzene rings is 1. The van der Waals surface area contributed by atoms with E-state index in [0.717, 1.165) is 27.8 Å². The molecule has 1 heterocycles. The molecule has 1 fully saturated rings. The van der Waals surface area contributed by atoms with Gasteiger partial charge in [0.2, 0.25) is 5.91 Å². The zero-order valence-corrected chi connectivity index (χ0v) is 14.5. The molecule has 1 N–H and O–H groups in total. The number of aliphatic hydroxyl groups is 1. The van der Waals surface area contributed by atoms with Crippen molar-refractivity contribution < 1.29 is 19.5 Å². The van der Waals surface area contributed by atoms with Crippen LogP contribution in [0, 0.1) is 6.92 Å². The van der Waals surface area contributed by atoms with Gasteiger partial charge in [-0.15, -0.1) is 0 Å². The van der Waals surface area contributed by atoms with Gasteiger partial charge in [-0.1, -0.05) is 29.8 Å². The highest BCUT2D eigenvalue weighted by atomic mass is 32.2. The van der Waals surface area contributed by atoms with Crippen LogP contribution in [0.5, 0.6) is 0 Å². The molecule has 0 aliphatic carbocycles.